The van der Waals surface area contributed by atoms with E-state index in [0.29, 0.717) is 12.2 Å². The van der Waals surface area contributed by atoms with Crippen molar-refractivity contribution in [2.75, 3.05) is 0 Å². The topological polar surface area (TPSA) is 45.4 Å². The molecule has 0 bridgehead atoms. The molecule has 0 saturated carbocycles. The minimum Gasteiger partial charge on any atom is -0.390 e. The van der Waals surface area contributed by atoms with Crippen molar-refractivity contribution in [2.45, 2.75) is 13.5 Å². The second kappa shape index (κ2) is 6.36. The lowest BCUT2D eigenvalue weighted by molar-refractivity contribution is 0.132. The maximum absolute atomic E-state index is 8.77. The van der Waals surface area contributed by atoms with E-state index >= 15 is 0 Å². The largest absolute Gasteiger partial charge is 0.390 e. The molecule has 0 heterocycles. The van der Waals surface area contributed by atoms with E-state index in [1.165, 1.54) is 5.56 Å². The Morgan fingerprint density at radius 3 is 2.68 bits per heavy atom. The molecule has 0 saturated heterocycles. The van der Waals surface area contributed by atoms with Crippen molar-refractivity contribution in [1.82, 2.24) is 0 Å². The monoisotopic (exact) mass is 249 g/mol. The SMILES string of the molecule is Cc1cccc(CO/N=[C]\c2cccc(C#N)c2)c1. The lowest BCUT2D eigenvalue weighted by Crippen LogP contribution is -1.89. The average Bonchev–Trinajstić information content (AvgIpc) is 2.44. The highest BCUT2D eigenvalue weighted by molar-refractivity contribution is 5.79. The molecule has 0 fully saturated rings. The van der Waals surface area contributed by atoms with E-state index in [2.05, 4.69) is 17.4 Å². The van der Waals surface area contributed by atoms with E-state index < -0.39 is 0 Å². The third kappa shape index (κ3) is 3.97. The minimum atomic E-state index is 0.409. The Bertz CT molecular complexity index is 627. The molecule has 93 valence electrons. The fourth-order valence-corrected chi connectivity index (χ4v) is 1.65. The molecule has 0 spiro atoms. The Morgan fingerprint density at radius 2 is 1.89 bits per heavy atom. The predicted molar refractivity (Wildman–Crippen MR) is 73.7 cm³/mol. The molecule has 3 nitrogen and oxygen atoms in total. The van der Waals surface area contributed by atoms with E-state index in [0.717, 1.165) is 11.1 Å². The van der Waals surface area contributed by atoms with Gasteiger partial charge in [-0.1, -0.05) is 47.1 Å². The van der Waals surface area contributed by atoms with E-state index in [1.807, 2.05) is 37.3 Å². The number of rotatable bonds is 4. The summed E-state index contributed by atoms with van der Waals surface area (Å²) >= 11 is 0. The van der Waals surface area contributed by atoms with Gasteiger partial charge in [-0.3, -0.25) is 0 Å². The third-order valence-corrected chi connectivity index (χ3v) is 2.54. The molecule has 0 aliphatic carbocycles. The van der Waals surface area contributed by atoms with Crippen molar-refractivity contribution < 1.29 is 4.84 Å². The van der Waals surface area contributed by atoms with Gasteiger partial charge in [0.25, 0.3) is 0 Å². The van der Waals surface area contributed by atoms with Crippen molar-refractivity contribution in [1.29, 1.82) is 5.26 Å². The van der Waals surface area contributed by atoms with Crippen LogP contribution < -0.4 is 0 Å². The lowest BCUT2D eigenvalue weighted by atomic mass is 10.1. The van der Waals surface area contributed by atoms with Gasteiger partial charge in [-0.15, -0.1) is 0 Å². The molecule has 0 amide bonds. The Balaban J connectivity index is 1.92. The van der Waals surface area contributed by atoms with Crippen molar-refractivity contribution >= 4 is 6.21 Å². The summed E-state index contributed by atoms with van der Waals surface area (Å²) in [5, 5.41) is 12.6. The molecule has 0 aliphatic heterocycles. The van der Waals surface area contributed by atoms with Gasteiger partial charge in [0.1, 0.15) is 12.8 Å². The van der Waals surface area contributed by atoms with E-state index in [9.17, 15) is 0 Å². The van der Waals surface area contributed by atoms with Gasteiger partial charge in [0.05, 0.1) is 11.6 Å². The first-order valence-corrected chi connectivity index (χ1v) is 5.91. The minimum absolute atomic E-state index is 0.409. The smallest absolute Gasteiger partial charge is 0.142 e. The molecule has 2 aromatic rings. The summed E-state index contributed by atoms with van der Waals surface area (Å²) in [6.07, 6.45) is 2.76. The summed E-state index contributed by atoms with van der Waals surface area (Å²) in [6, 6.07) is 17.2. The van der Waals surface area contributed by atoms with Gasteiger partial charge in [-0.25, -0.2) is 0 Å². The summed E-state index contributed by atoms with van der Waals surface area (Å²) in [6.45, 7) is 2.44. The van der Waals surface area contributed by atoms with Crippen LogP contribution >= 0.6 is 0 Å². The van der Waals surface area contributed by atoms with Crippen LogP contribution in [0.15, 0.2) is 53.7 Å². The molecular formula is C16H13N2O. The summed E-state index contributed by atoms with van der Waals surface area (Å²) in [7, 11) is 0. The number of aryl methyl sites for hydroxylation is 1. The standard InChI is InChI=1S/C16H13N2O/c1-13-4-2-7-16(8-13)12-19-18-11-15-6-3-5-14(9-15)10-17/h2-9H,12H2,1H3. The molecule has 0 aromatic heterocycles. The fourth-order valence-electron chi connectivity index (χ4n) is 1.65. The Kier molecular flexibility index (Phi) is 4.30. The van der Waals surface area contributed by atoms with E-state index in [4.69, 9.17) is 10.1 Å². The normalized spacial score (nSPS) is 10.3. The number of nitrogens with zero attached hydrogens (tertiary/aromatic N) is 2. The molecule has 3 heteroatoms. The van der Waals surface area contributed by atoms with Crippen molar-refractivity contribution in [3.8, 4) is 6.07 Å². The van der Waals surface area contributed by atoms with E-state index in [-0.39, 0.29) is 0 Å². The second-order valence-corrected chi connectivity index (χ2v) is 4.16. The quantitative estimate of drug-likeness (QED) is 0.616. The van der Waals surface area contributed by atoms with Crippen molar-refractivity contribution in [3.63, 3.8) is 0 Å². The Morgan fingerprint density at radius 1 is 1.11 bits per heavy atom. The van der Waals surface area contributed by atoms with E-state index in [1.54, 1.807) is 18.2 Å². The first-order valence-electron chi connectivity index (χ1n) is 5.91. The van der Waals surface area contributed by atoms with Crippen LogP contribution in [0.5, 0.6) is 0 Å². The molecule has 19 heavy (non-hydrogen) atoms. The first kappa shape index (κ1) is 12.8. The molecule has 0 unspecified atom stereocenters. The lowest BCUT2D eigenvalue weighted by Gasteiger charge is -2.00. The molecule has 1 radical (unpaired) electrons. The van der Waals surface area contributed by atoms with Gasteiger partial charge in [0.2, 0.25) is 0 Å². The van der Waals surface area contributed by atoms with Crippen LogP contribution in [0.25, 0.3) is 0 Å². The summed E-state index contributed by atoms with van der Waals surface area (Å²) < 4.78 is 0. The molecule has 2 rings (SSSR count). The molecule has 0 aliphatic rings. The van der Waals surface area contributed by atoms with Crippen LogP contribution in [0.4, 0.5) is 0 Å². The van der Waals surface area contributed by atoms with Gasteiger partial charge in [0, 0.05) is 5.56 Å². The van der Waals surface area contributed by atoms with Gasteiger partial charge in [-0.2, -0.15) is 5.26 Å². The third-order valence-electron chi connectivity index (χ3n) is 2.54. The summed E-state index contributed by atoms with van der Waals surface area (Å²) in [5.74, 6) is 0. The number of nitriles is 1. The van der Waals surface area contributed by atoms with Crippen LogP contribution in [0.2, 0.25) is 0 Å². The van der Waals surface area contributed by atoms with Crippen LogP contribution in [0.3, 0.4) is 0 Å². The maximum Gasteiger partial charge on any atom is 0.142 e. The zero-order valence-electron chi connectivity index (χ0n) is 10.6. The van der Waals surface area contributed by atoms with Crippen LogP contribution in [-0.4, -0.2) is 6.21 Å². The summed E-state index contributed by atoms with van der Waals surface area (Å²) in [5.41, 5.74) is 3.56. The zero-order valence-corrected chi connectivity index (χ0v) is 10.6. The number of benzene rings is 2. The molecule has 0 atom stereocenters. The number of hydrogen-bond acceptors (Lipinski definition) is 3. The van der Waals surface area contributed by atoms with Crippen molar-refractivity contribution in [3.05, 3.63) is 70.8 Å². The Labute approximate surface area is 112 Å². The molecule has 2 aromatic carbocycles. The maximum atomic E-state index is 8.77. The van der Waals surface area contributed by atoms with Crippen molar-refractivity contribution in [2.24, 2.45) is 5.16 Å². The van der Waals surface area contributed by atoms with Crippen LogP contribution in [0, 0.1) is 18.3 Å². The fraction of sp³-hybridized carbons (Fsp3) is 0.125. The van der Waals surface area contributed by atoms with Crippen LogP contribution in [0.1, 0.15) is 22.3 Å². The van der Waals surface area contributed by atoms with Crippen LogP contribution in [-0.2, 0) is 11.4 Å². The highest BCUT2D eigenvalue weighted by Gasteiger charge is 1.94. The number of hydrogen-bond donors (Lipinski definition) is 0. The highest BCUT2D eigenvalue weighted by atomic mass is 16.6. The van der Waals surface area contributed by atoms with Gasteiger partial charge >= 0.3 is 0 Å². The van der Waals surface area contributed by atoms with Gasteiger partial charge in [0.15, 0.2) is 0 Å². The average molecular weight is 249 g/mol. The Hall–Kier alpha value is -2.60. The summed E-state index contributed by atoms with van der Waals surface area (Å²) in [4.78, 5) is 5.18. The highest BCUT2D eigenvalue weighted by Crippen LogP contribution is 2.06. The molecular weight excluding hydrogens is 236 g/mol. The second-order valence-electron chi connectivity index (χ2n) is 4.16. The first-order chi connectivity index (χ1) is 9.28. The van der Waals surface area contributed by atoms with Gasteiger partial charge in [-0.05, 0) is 24.6 Å². The molecule has 0 N–H and O–H groups in total. The predicted octanol–water partition coefficient (Wildman–Crippen LogP) is 3.29. The zero-order chi connectivity index (χ0) is 13.5. The van der Waals surface area contributed by atoms with Gasteiger partial charge < -0.3 is 4.84 Å².